The number of benzene rings is 1. The molecule has 1 aliphatic rings. The Morgan fingerprint density at radius 3 is 2.29 bits per heavy atom. The minimum atomic E-state index is 0.570. The highest BCUT2D eigenvalue weighted by molar-refractivity contribution is 5.43. The van der Waals surface area contributed by atoms with Crippen LogP contribution in [-0.2, 0) is 0 Å². The van der Waals surface area contributed by atoms with Gasteiger partial charge in [-0.2, -0.15) is 0 Å². The molecule has 1 aromatic rings. The molecular weight excluding hydrogens is 206 g/mol. The molecule has 0 amide bonds. The summed E-state index contributed by atoms with van der Waals surface area (Å²) in [5, 5.41) is 3.64. The Hall–Kier alpha value is -0.980. The van der Waals surface area contributed by atoms with Crippen LogP contribution in [0.4, 0.5) is 5.69 Å². The minimum Gasteiger partial charge on any atom is -0.382 e. The molecule has 1 aromatic carbocycles. The SMILES string of the molecule is C[C@H](Nc1ccccc1)[C@@H](C)C1CCCCC1. The van der Waals surface area contributed by atoms with Gasteiger partial charge in [-0.3, -0.25) is 0 Å². The fourth-order valence-corrected chi connectivity index (χ4v) is 3.00. The highest BCUT2D eigenvalue weighted by Gasteiger charge is 2.24. The molecule has 0 heterocycles. The van der Waals surface area contributed by atoms with Crippen molar-refractivity contribution in [2.45, 2.75) is 52.0 Å². The highest BCUT2D eigenvalue weighted by Crippen LogP contribution is 2.32. The summed E-state index contributed by atoms with van der Waals surface area (Å²) in [4.78, 5) is 0. The second-order valence-corrected chi connectivity index (χ2v) is 5.56. The molecule has 1 saturated carbocycles. The molecule has 0 radical (unpaired) electrons. The summed E-state index contributed by atoms with van der Waals surface area (Å²) < 4.78 is 0. The topological polar surface area (TPSA) is 12.0 Å². The fraction of sp³-hybridized carbons (Fsp3) is 0.625. The van der Waals surface area contributed by atoms with E-state index in [1.165, 1.54) is 37.8 Å². The van der Waals surface area contributed by atoms with Crippen molar-refractivity contribution in [3.05, 3.63) is 30.3 Å². The van der Waals surface area contributed by atoms with Crippen molar-refractivity contribution in [2.24, 2.45) is 11.8 Å². The molecule has 0 unspecified atom stereocenters. The number of anilines is 1. The summed E-state index contributed by atoms with van der Waals surface area (Å²) in [6.07, 6.45) is 7.19. The van der Waals surface area contributed by atoms with Gasteiger partial charge >= 0.3 is 0 Å². The summed E-state index contributed by atoms with van der Waals surface area (Å²) in [6.45, 7) is 4.74. The van der Waals surface area contributed by atoms with Crippen LogP contribution in [0.1, 0.15) is 46.0 Å². The Labute approximate surface area is 106 Å². The molecule has 94 valence electrons. The zero-order valence-corrected chi connectivity index (χ0v) is 11.2. The van der Waals surface area contributed by atoms with E-state index >= 15 is 0 Å². The van der Waals surface area contributed by atoms with Gasteiger partial charge in [0.1, 0.15) is 0 Å². The van der Waals surface area contributed by atoms with Crippen molar-refractivity contribution in [3.8, 4) is 0 Å². The predicted octanol–water partition coefficient (Wildman–Crippen LogP) is 4.70. The van der Waals surface area contributed by atoms with Crippen LogP contribution in [0.5, 0.6) is 0 Å². The molecule has 0 aliphatic heterocycles. The van der Waals surface area contributed by atoms with E-state index in [2.05, 4.69) is 49.5 Å². The quantitative estimate of drug-likeness (QED) is 0.791. The van der Waals surface area contributed by atoms with E-state index in [0.29, 0.717) is 6.04 Å². The molecule has 0 saturated heterocycles. The Morgan fingerprint density at radius 2 is 1.65 bits per heavy atom. The van der Waals surface area contributed by atoms with E-state index < -0.39 is 0 Å². The summed E-state index contributed by atoms with van der Waals surface area (Å²) >= 11 is 0. The summed E-state index contributed by atoms with van der Waals surface area (Å²) in [5.74, 6) is 1.70. The van der Waals surface area contributed by atoms with E-state index in [-0.39, 0.29) is 0 Å². The number of hydrogen-bond donors (Lipinski definition) is 1. The lowest BCUT2D eigenvalue weighted by atomic mass is 9.78. The first kappa shape index (κ1) is 12.5. The second kappa shape index (κ2) is 6.09. The Bertz CT molecular complexity index is 314. The summed E-state index contributed by atoms with van der Waals surface area (Å²) in [7, 11) is 0. The number of para-hydroxylation sites is 1. The van der Waals surface area contributed by atoms with Crippen LogP contribution < -0.4 is 5.32 Å². The zero-order valence-electron chi connectivity index (χ0n) is 11.2. The van der Waals surface area contributed by atoms with Crippen LogP contribution in [0.2, 0.25) is 0 Å². The van der Waals surface area contributed by atoms with E-state index in [1.807, 2.05) is 0 Å². The number of rotatable bonds is 4. The maximum absolute atomic E-state index is 3.64. The molecule has 17 heavy (non-hydrogen) atoms. The van der Waals surface area contributed by atoms with Gasteiger partial charge < -0.3 is 5.32 Å². The Balaban J connectivity index is 1.88. The molecule has 1 nitrogen and oxygen atoms in total. The summed E-state index contributed by atoms with van der Waals surface area (Å²) in [5.41, 5.74) is 1.25. The van der Waals surface area contributed by atoms with Crippen LogP contribution in [0.3, 0.4) is 0 Å². The van der Waals surface area contributed by atoms with Crippen LogP contribution in [0, 0.1) is 11.8 Å². The average molecular weight is 231 g/mol. The van der Waals surface area contributed by atoms with Gasteiger partial charge in [0, 0.05) is 11.7 Å². The molecule has 1 fully saturated rings. The standard InChI is InChI=1S/C16H25N/c1-13(15-9-5-3-6-10-15)14(2)17-16-11-7-4-8-12-16/h4,7-8,11-15,17H,3,5-6,9-10H2,1-2H3/t13-,14+/m1/s1. The molecule has 2 rings (SSSR count). The van der Waals surface area contributed by atoms with E-state index in [4.69, 9.17) is 0 Å². The monoisotopic (exact) mass is 231 g/mol. The van der Waals surface area contributed by atoms with Gasteiger partial charge in [0.2, 0.25) is 0 Å². The van der Waals surface area contributed by atoms with Gasteiger partial charge in [-0.05, 0) is 30.9 Å². The first-order valence-electron chi connectivity index (χ1n) is 7.09. The second-order valence-electron chi connectivity index (χ2n) is 5.56. The predicted molar refractivity (Wildman–Crippen MR) is 75.3 cm³/mol. The first-order valence-corrected chi connectivity index (χ1v) is 7.09. The van der Waals surface area contributed by atoms with Crippen molar-refractivity contribution in [1.29, 1.82) is 0 Å². The maximum atomic E-state index is 3.64. The molecular formula is C16H25N. The van der Waals surface area contributed by atoms with Crippen molar-refractivity contribution in [1.82, 2.24) is 0 Å². The third kappa shape index (κ3) is 3.49. The van der Waals surface area contributed by atoms with Crippen LogP contribution in [0.15, 0.2) is 30.3 Å². The lowest BCUT2D eigenvalue weighted by Gasteiger charge is -2.32. The van der Waals surface area contributed by atoms with E-state index in [0.717, 1.165) is 11.8 Å². The minimum absolute atomic E-state index is 0.570. The lowest BCUT2D eigenvalue weighted by molar-refractivity contribution is 0.246. The highest BCUT2D eigenvalue weighted by atomic mass is 14.9. The number of nitrogens with one attached hydrogen (secondary N) is 1. The smallest absolute Gasteiger partial charge is 0.0342 e. The van der Waals surface area contributed by atoms with Crippen molar-refractivity contribution in [2.75, 3.05) is 5.32 Å². The zero-order chi connectivity index (χ0) is 12.1. The summed E-state index contributed by atoms with van der Waals surface area (Å²) in [6, 6.07) is 11.1. The van der Waals surface area contributed by atoms with Gasteiger partial charge in [0.15, 0.2) is 0 Å². The molecule has 1 aliphatic carbocycles. The van der Waals surface area contributed by atoms with Crippen LogP contribution in [0.25, 0.3) is 0 Å². The molecule has 0 aromatic heterocycles. The molecule has 2 atom stereocenters. The van der Waals surface area contributed by atoms with E-state index in [1.54, 1.807) is 0 Å². The van der Waals surface area contributed by atoms with Gasteiger partial charge in [-0.25, -0.2) is 0 Å². The van der Waals surface area contributed by atoms with Gasteiger partial charge in [0.25, 0.3) is 0 Å². The molecule has 1 N–H and O–H groups in total. The van der Waals surface area contributed by atoms with Crippen molar-refractivity contribution in [3.63, 3.8) is 0 Å². The third-order valence-electron chi connectivity index (χ3n) is 4.35. The van der Waals surface area contributed by atoms with Gasteiger partial charge in [0.05, 0.1) is 0 Å². The Morgan fingerprint density at radius 1 is 1.00 bits per heavy atom. The lowest BCUT2D eigenvalue weighted by Crippen LogP contribution is -2.30. The van der Waals surface area contributed by atoms with Gasteiger partial charge in [-0.1, -0.05) is 57.2 Å². The van der Waals surface area contributed by atoms with Crippen molar-refractivity contribution < 1.29 is 0 Å². The maximum Gasteiger partial charge on any atom is 0.0342 e. The molecule has 0 spiro atoms. The van der Waals surface area contributed by atoms with Crippen LogP contribution in [-0.4, -0.2) is 6.04 Å². The third-order valence-corrected chi connectivity index (χ3v) is 4.35. The number of hydrogen-bond acceptors (Lipinski definition) is 1. The normalized spacial score (nSPS) is 20.8. The van der Waals surface area contributed by atoms with Crippen molar-refractivity contribution >= 4 is 5.69 Å². The first-order chi connectivity index (χ1) is 8.27. The Kier molecular flexibility index (Phi) is 4.47. The average Bonchev–Trinajstić information content (AvgIpc) is 2.40. The van der Waals surface area contributed by atoms with E-state index in [9.17, 15) is 0 Å². The molecule has 1 heteroatoms. The van der Waals surface area contributed by atoms with Crippen LogP contribution >= 0.6 is 0 Å². The van der Waals surface area contributed by atoms with Gasteiger partial charge in [-0.15, -0.1) is 0 Å². The largest absolute Gasteiger partial charge is 0.382 e. The fourth-order valence-electron chi connectivity index (χ4n) is 3.00. The molecule has 0 bridgehead atoms.